The largest absolute Gasteiger partial charge is 0.402 e. The van der Waals surface area contributed by atoms with Crippen molar-refractivity contribution in [1.82, 2.24) is 0 Å². The molecule has 0 bridgehead atoms. The molecule has 0 amide bonds. The molecule has 0 spiro atoms. The van der Waals surface area contributed by atoms with Crippen LogP contribution in [0.1, 0.15) is 0 Å². The highest BCUT2D eigenvalue weighted by atomic mass is 28.5. The van der Waals surface area contributed by atoms with Gasteiger partial charge in [-0.3, -0.25) is 0 Å². The van der Waals surface area contributed by atoms with Crippen molar-refractivity contribution >= 4 is 70.6 Å². The molecule has 0 saturated carbocycles. The molecule has 0 unspecified atom stereocenters. The zero-order chi connectivity index (χ0) is 35.3. The zero-order valence-corrected chi connectivity index (χ0v) is 32.6. The van der Waals surface area contributed by atoms with Gasteiger partial charge in [-0.25, -0.2) is 0 Å². The molecule has 0 atom stereocenters. The van der Waals surface area contributed by atoms with E-state index in [9.17, 15) is 0 Å². The van der Waals surface area contributed by atoms with Gasteiger partial charge in [0.05, 0.1) is 0 Å². The van der Waals surface area contributed by atoms with E-state index in [1.54, 1.807) is 0 Å². The Morgan fingerprint density at radius 2 is 0.462 bits per heavy atom. The normalized spacial score (nSPS) is 17.2. The van der Waals surface area contributed by atoms with Crippen LogP contribution in [0.3, 0.4) is 0 Å². The first-order valence-electron chi connectivity index (χ1n) is 17.5. The summed E-state index contributed by atoms with van der Waals surface area (Å²) in [5.41, 5.74) is 1.93. The molecule has 1 aliphatic heterocycles. The lowest BCUT2D eigenvalue weighted by atomic mass is 10.4. The van der Waals surface area contributed by atoms with Crippen LogP contribution in [-0.4, -0.2) is 34.2 Å². The van der Waals surface area contributed by atoms with Crippen molar-refractivity contribution in [3.63, 3.8) is 0 Å². The van der Waals surface area contributed by atoms with Crippen LogP contribution >= 0.6 is 0 Å². The fourth-order valence-corrected chi connectivity index (χ4v) is 28.8. The molecule has 1 heterocycles. The molecule has 0 aliphatic carbocycles. The smallest absolute Gasteiger partial charge is 0.390 e. The standard InChI is InChI=1S/C44H38O4Si4/c1-2-49(38-24-10-3-11-25-38)45-50(39-26-12-4-13-27-39,40-28-14-5-15-29-40)47-52(43-34-20-8-21-35-43,44-36-22-9-23-37-44)48-51(46-49,41-30-16-6-17-31-41)42-32-18-7-19-33-42/h2-37H,1H2. The molecule has 254 valence electrons. The topological polar surface area (TPSA) is 36.9 Å². The maximum absolute atomic E-state index is 8.26. The minimum Gasteiger partial charge on any atom is -0.402 e. The quantitative estimate of drug-likeness (QED) is 0.208. The lowest BCUT2D eigenvalue weighted by Crippen LogP contribution is -2.86. The third-order valence-electron chi connectivity index (χ3n) is 9.53. The van der Waals surface area contributed by atoms with Gasteiger partial charge in [-0.05, 0) is 42.0 Å². The average Bonchev–Trinajstić information content (AvgIpc) is 3.24. The van der Waals surface area contributed by atoms with Gasteiger partial charge in [-0.2, -0.15) is 0 Å². The van der Waals surface area contributed by atoms with E-state index in [-0.39, 0.29) is 0 Å². The summed E-state index contributed by atoms with van der Waals surface area (Å²) in [7, 11) is -15.2. The Bertz CT molecular complexity index is 2000. The Kier molecular flexibility index (Phi) is 9.54. The maximum Gasteiger partial charge on any atom is 0.390 e. The number of hydrogen-bond acceptors (Lipinski definition) is 4. The molecular weight excluding hydrogens is 705 g/mol. The summed E-state index contributed by atoms with van der Waals surface area (Å²) in [6, 6.07) is 72.8. The molecule has 52 heavy (non-hydrogen) atoms. The van der Waals surface area contributed by atoms with Gasteiger partial charge in [0.25, 0.3) is 0 Å². The summed E-state index contributed by atoms with van der Waals surface area (Å²) >= 11 is 0. The minimum absolute atomic E-state index is 0.929. The summed E-state index contributed by atoms with van der Waals surface area (Å²) < 4.78 is 32.7. The highest BCUT2D eigenvalue weighted by Gasteiger charge is 2.66. The second kappa shape index (κ2) is 14.5. The molecule has 0 radical (unpaired) electrons. The van der Waals surface area contributed by atoms with Gasteiger partial charge in [-0.1, -0.05) is 212 Å². The molecular formula is C44H38O4Si4. The number of rotatable bonds is 8. The summed E-state index contributed by atoms with van der Waals surface area (Å²) in [6.45, 7) is 4.52. The monoisotopic (exact) mass is 742 g/mol. The van der Waals surface area contributed by atoms with Gasteiger partial charge in [0.1, 0.15) is 0 Å². The van der Waals surface area contributed by atoms with E-state index in [1.807, 2.05) is 60.3 Å². The SMILES string of the molecule is C=C[Si]1(c2ccccc2)O[Si](c2ccccc2)(c2ccccc2)O[Si](c2ccccc2)(c2ccccc2)O[Si](c2ccccc2)(c2ccccc2)O1. The van der Waals surface area contributed by atoms with E-state index in [4.69, 9.17) is 16.5 Å². The minimum atomic E-state index is -3.83. The zero-order valence-electron chi connectivity index (χ0n) is 28.6. The van der Waals surface area contributed by atoms with Gasteiger partial charge in [-0.15, -0.1) is 6.58 Å². The summed E-state index contributed by atoms with van der Waals surface area (Å²) in [5.74, 6) is 0. The molecule has 1 aliphatic rings. The first kappa shape index (κ1) is 34.1. The van der Waals surface area contributed by atoms with E-state index >= 15 is 0 Å². The fraction of sp³-hybridized carbons (Fsp3) is 0. The van der Waals surface area contributed by atoms with Gasteiger partial charge in [0.2, 0.25) is 0 Å². The van der Waals surface area contributed by atoms with Crippen molar-refractivity contribution in [1.29, 1.82) is 0 Å². The van der Waals surface area contributed by atoms with Crippen LogP contribution in [0.15, 0.2) is 225 Å². The van der Waals surface area contributed by atoms with Crippen molar-refractivity contribution < 1.29 is 16.5 Å². The molecule has 1 saturated heterocycles. The van der Waals surface area contributed by atoms with E-state index in [0.717, 1.165) is 36.3 Å². The van der Waals surface area contributed by atoms with Crippen LogP contribution in [0, 0.1) is 0 Å². The number of hydrogen-bond donors (Lipinski definition) is 0. The average molecular weight is 743 g/mol. The first-order valence-corrected chi connectivity index (χ1v) is 24.8. The highest BCUT2D eigenvalue weighted by Crippen LogP contribution is 2.32. The lowest BCUT2D eigenvalue weighted by molar-refractivity contribution is 0.267. The number of benzene rings is 7. The Morgan fingerprint density at radius 3 is 0.673 bits per heavy atom. The van der Waals surface area contributed by atoms with Crippen LogP contribution in [0.5, 0.6) is 0 Å². The highest BCUT2D eigenvalue weighted by molar-refractivity contribution is 7.15. The van der Waals surface area contributed by atoms with E-state index in [1.165, 1.54) is 0 Å². The third kappa shape index (κ3) is 6.05. The Morgan fingerprint density at radius 1 is 0.269 bits per heavy atom. The molecule has 4 nitrogen and oxygen atoms in total. The predicted octanol–water partition coefficient (Wildman–Crippen LogP) is 4.91. The van der Waals surface area contributed by atoms with Crippen molar-refractivity contribution in [3.05, 3.63) is 225 Å². The van der Waals surface area contributed by atoms with Crippen LogP contribution in [0.4, 0.5) is 0 Å². The molecule has 7 aromatic rings. The van der Waals surface area contributed by atoms with Crippen LogP contribution in [0.2, 0.25) is 0 Å². The summed E-state index contributed by atoms with van der Waals surface area (Å²) in [5, 5.41) is 6.70. The van der Waals surface area contributed by atoms with Crippen molar-refractivity contribution in [3.8, 4) is 0 Å². The van der Waals surface area contributed by atoms with Crippen molar-refractivity contribution in [2.75, 3.05) is 0 Å². The van der Waals surface area contributed by atoms with E-state index < -0.39 is 34.2 Å². The van der Waals surface area contributed by atoms with Gasteiger partial charge < -0.3 is 16.5 Å². The third-order valence-corrected chi connectivity index (χ3v) is 27.1. The predicted molar refractivity (Wildman–Crippen MR) is 220 cm³/mol. The second-order valence-electron chi connectivity index (χ2n) is 12.7. The molecule has 8 heteroatoms. The van der Waals surface area contributed by atoms with E-state index in [0.29, 0.717) is 0 Å². The summed E-state index contributed by atoms with van der Waals surface area (Å²) in [4.78, 5) is 0. The lowest BCUT2D eigenvalue weighted by Gasteiger charge is -2.53. The van der Waals surface area contributed by atoms with Gasteiger partial charge in [0, 0.05) is 0 Å². The molecule has 8 rings (SSSR count). The Hall–Kier alpha value is -5.01. The van der Waals surface area contributed by atoms with Crippen LogP contribution < -0.4 is 36.3 Å². The summed E-state index contributed by atoms with van der Waals surface area (Å²) in [6.07, 6.45) is 0. The first-order chi connectivity index (χ1) is 25.6. The molecule has 0 aromatic heterocycles. The Balaban J connectivity index is 1.56. The second-order valence-corrected chi connectivity index (χ2v) is 25.4. The molecule has 0 N–H and O–H groups in total. The fourth-order valence-electron chi connectivity index (χ4n) is 7.06. The molecule has 1 fully saturated rings. The van der Waals surface area contributed by atoms with E-state index in [2.05, 4.69) is 164 Å². The maximum atomic E-state index is 8.26. The van der Waals surface area contributed by atoms with Crippen LogP contribution in [-0.2, 0) is 16.5 Å². The molecule has 7 aromatic carbocycles. The van der Waals surface area contributed by atoms with Gasteiger partial charge >= 0.3 is 34.2 Å². The van der Waals surface area contributed by atoms with Crippen molar-refractivity contribution in [2.24, 2.45) is 0 Å². The Labute approximate surface area is 310 Å². The van der Waals surface area contributed by atoms with Crippen molar-refractivity contribution in [2.45, 2.75) is 0 Å². The van der Waals surface area contributed by atoms with Crippen LogP contribution in [0.25, 0.3) is 0 Å². The van der Waals surface area contributed by atoms with Gasteiger partial charge in [0.15, 0.2) is 0 Å².